The summed E-state index contributed by atoms with van der Waals surface area (Å²) in [5.41, 5.74) is 1.82. The molecule has 18 heavy (non-hydrogen) atoms. The zero-order chi connectivity index (χ0) is 13.0. The molecule has 0 spiro atoms. The maximum Gasteiger partial charge on any atom is 0.218 e. The van der Waals surface area contributed by atoms with Gasteiger partial charge in [0, 0.05) is 30.7 Å². The first-order valence-electron chi connectivity index (χ1n) is 5.86. The molecule has 2 aromatic rings. The number of aliphatic hydroxyl groups is 1. The Morgan fingerprint density at radius 1 is 1.39 bits per heavy atom. The maximum absolute atomic E-state index is 10.2. The van der Waals surface area contributed by atoms with Gasteiger partial charge in [0.1, 0.15) is 0 Å². The van der Waals surface area contributed by atoms with Crippen LogP contribution in [0.1, 0.15) is 23.8 Å². The highest BCUT2D eigenvalue weighted by molar-refractivity contribution is 5.27. The van der Waals surface area contributed by atoms with Crippen LogP contribution in [0, 0.1) is 0 Å². The lowest BCUT2D eigenvalue weighted by Crippen LogP contribution is -2.05. The molecule has 2 aromatic heterocycles. The molecule has 1 atom stereocenters. The number of hydrogen-bond acceptors (Lipinski definition) is 4. The molecular formula is C13H17N3O2. The van der Waals surface area contributed by atoms with Crippen molar-refractivity contribution < 1.29 is 9.84 Å². The molecule has 5 heteroatoms. The number of aromatic nitrogens is 3. The monoisotopic (exact) mass is 247 g/mol. The fraction of sp³-hybridized carbons (Fsp3) is 0.385. The summed E-state index contributed by atoms with van der Waals surface area (Å²) in [6.45, 7) is 0. The number of ether oxygens (including phenoxy) is 1. The second-order valence-electron chi connectivity index (χ2n) is 4.10. The lowest BCUT2D eigenvalue weighted by Gasteiger charge is -2.13. The van der Waals surface area contributed by atoms with Crippen LogP contribution in [0.3, 0.4) is 0 Å². The van der Waals surface area contributed by atoms with Gasteiger partial charge in [-0.3, -0.25) is 4.68 Å². The third-order valence-electron chi connectivity index (χ3n) is 2.95. The van der Waals surface area contributed by atoms with Crippen LogP contribution >= 0.6 is 0 Å². The van der Waals surface area contributed by atoms with Gasteiger partial charge in [-0.25, -0.2) is 4.98 Å². The number of aliphatic hydroxyl groups excluding tert-OH is 1. The minimum absolute atomic E-state index is 0.481. The lowest BCUT2D eigenvalue weighted by molar-refractivity contribution is 0.162. The third kappa shape index (κ3) is 2.68. The van der Waals surface area contributed by atoms with Crippen molar-refractivity contribution in [3.63, 3.8) is 0 Å². The highest BCUT2D eigenvalue weighted by atomic mass is 16.5. The van der Waals surface area contributed by atoms with Gasteiger partial charge in [0.05, 0.1) is 13.2 Å². The number of hydrogen-bond donors (Lipinski definition) is 1. The van der Waals surface area contributed by atoms with Crippen molar-refractivity contribution in [2.75, 3.05) is 7.11 Å². The summed E-state index contributed by atoms with van der Waals surface area (Å²) >= 11 is 0. The van der Waals surface area contributed by atoms with E-state index in [2.05, 4.69) is 10.1 Å². The number of aryl methyl sites for hydroxylation is 2. The molecule has 0 saturated heterocycles. The molecule has 0 amide bonds. The minimum atomic E-state index is -0.580. The average Bonchev–Trinajstić information content (AvgIpc) is 2.81. The van der Waals surface area contributed by atoms with Crippen LogP contribution in [0.2, 0.25) is 0 Å². The Balaban J connectivity index is 2.03. The molecule has 2 heterocycles. The first kappa shape index (κ1) is 12.6. The van der Waals surface area contributed by atoms with Gasteiger partial charge in [-0.15, -0.1) is 0 Å². The Morgan fingerprint density at radius 2 is 2.22 bits per heavy atom. The first-order valence-corrected chi connectivity index (χ1v) is 5.86. The molecular weight excluding hydrogens is 230 g/mol. The van der Waals surface area contributed by atoms with Crippen molar-refractivity contribution in [3.8, 4) is 5.88 Å². The fourth-order valence-electron chi connectivity index (χ4n) is 1.91. The van der Waals surface area contributed by atoms with Gasteiger partial charge < -0.3 is 9.84 Å². The van der Waals surface area contributed by atoms with Crippen molar-refractivity contribution in [1.82, 2.24) is 14.8 Å². The van der Waals surface area contributed by atoms with Gasteiger partial charge >= 0.3 is 0 Å². The Hall–Kier alpha value is -1.88. The molecule has 2 rings (SSSR count). The molecule has 0 aromatic carbocycles. The van der Waals surface area contributed by atoms with Gasteiger partial charge in [-0.2, -0.15) is 5.10 Å². The largest absolute Gasteiger partial charge is 0.481 e. The fourth-order valence-corrected chi connectivity index (χ4v) is 1.91. The minimum Gasteiger partial charge on any atom is -0.481 e. The van der Waals surface area contributed by atoms with E-state index in [4.69, 9.17) is 4.74 Å². The molecule has 0 aliphatic rings. The zero-order valence-electron chi connectivity index (χ0n) is 10.6. The van der Waals surface area contributed by atoms with E-state index in [1.807, 2.05) is 23.9 Å². The molecule has 96 valence electrons. The molecule has 0 fully saturated rings. The molecule has 1 unspecified atom stereocenters. The summed E-state index contributed by atoms with van der Waals surface area (Å²) < 4.78 is 6.95. The third-order valence-corrected chi connectivity index (χ3v) is 2.95. The second-order valence-corrected chi connectivity index (χ2v) is 4.10. The normalized spacial score (nSPS) is 12.4. The van der Waals surface area contributed by atoms with Gasteiger partial charge in [-0.05, 0) is 31.0 Å². The Morgan fingerprint density at radius 3 is 2.89 bits per heavy atom. The molecule has 0 radical (unpaired) electrons. The van der Waals surface area contributed by atoms with Crippen LogP contribution in [0.5, 0.6) is 5.88 Å². The molecule has 1 N–H and O–H groups in total. The predicted molar refractivity (Wildman–Crippen MR) is 67.3 cm³/mol. The van der Waals surface area contributed by atoms with E-state index >= 15 is 0 Å². The van der Waals surface area contributed by atoms with E-state index in [9.17, 15) is 5.11 Å². The SMILES string of the molecule is COc1ncccc1C(O)CCc1ccnn1C. The van der Waals surface area contributed by atoms with Gasteiger partial charge in [0.15, 0.2) is 0 Å². The van der Waals surface area contributed by atoms with Crippen molar-refractivity contribution >= 4 is 0 Å². The summed E-state index contributed by atoms with van der Waals surface area (Å²) in [5.74, 6) is 0.481. The van der Waals surface area contributed by atoms with Crippen molar-refractivity contribution in [2.45, 2.75) is 18.9 Å². The summed E-state index contributed by atoms with van der Waals surface area (Å²) in [4.78, 5) is 4.08. The highest BCUT2D eigenvalue weighted by Crippen LogP contribution is 2.25. The number of nitrogens with zero attached hydrogens (tertiary/aromatic N) is 3. The van der Waals surface area contributed by atoms with Crippen LogP contribution < -0.4 is 4.74 Å². The number of rotatable bonds is 5. The summed E-state index contributed by atoms with van der Waals surface area (Å²) in [6, 6.07) is 5.58. The highest BCUT2D eigenvalue weighted by Gasteiger charge is 2.14. The van der Waals surface area contributed by atoms with E-state index in [0.29, 0.717) is 12.3 Å². The zero-order valence-corrected chi connectivity index (χ0v) is 10.6. The topological polar surface area (TPSA) is 60.2 Å². The van der Waals surface area contributed by atoms with Crippen LogP contribution in [-0.4, -0.2) is 27.0 Å². The molecule has 0 aliphatic heterocycles. The van der Waals surface area contributed by atoms with Gasteiger partial charge in [0.25, 0.3) is 0 Å². The van der Waals surface area contributed by atoms with Crippen LogP contribution in [0.15, 0.2) is 30.6 Å². The van der Waals surface area contributed by atoms with Gasteiger partial charge in [-0.1, -0.05) is 0 Å². The lowest BCUT2D eigenvalue weighted by atomic mass is 10.1. The molecule has 0 bridgehead atoms. The quantitative estimate of drug-likeness (QED) is 0.869. The van der Waals surface area contributed by atoms with E-state index in [-0.39, 0.29) is 0 Å². The molecule has 0 aliphatic carbocycles. The van der Waals surface area contributed by atoms with Crippen LogP contribution in [0.4, 0.5) is 0 Å². The van der Waals surface area contributed by atoms with E-state index in [1.54, 1.807) is 25.6 Å². The summed E-state index contributed by atoms with van der Waals surface area (Å²) in [6.07, 6.45) is 4.20. The number of pyridine rings is 1. The van der Waals surface area contributed by atoms with Crippen LogP contribution in [0.25, 0.3) is 0 Å². The van der Waals surface area contributed by atoms with E-state index in [0.717, 1.165) is 17.7 Å². The Bertz CT molecular complexity index is 510. The van der Waals surface area contributed by atoms with Crippen molar-refractivity contribution in [1.29, 1.82) is 0 Å². The standard InChI is InChI=1S/C13H17N3O2/c1-16-10(7-9-15-16)5-6-12(17)11-4-3-8-14-13(11)18-2/h3-4,7-9,12,17H,5-6H2,1-2H3. The average molecular weight is 247 g/mol. The van der Waals surface area contributed by atoms with E-state index in [1.165, 1.54) is 0 Å². The Kier molecular flexibility index (Phi) is 3.94. The Labute approximate surface area is 106 Å². The molecule has 0 saturated carbocycles. The van der Waals surface area contributed by atoms with Crippen molar-refractivity contribution in [2.24, 2.45) is 7.05 Å². The predicted octanol–water partition coefficient (Wildman–Crippen LogP) is 1.49. The summed E-state index contributed by atoms with van der Waals surface area (Å²) in [5, 5.41) is 14.3. The maximum atomic E-state index is 10.2. The van der Waals surface area contributed by atoms with Crippen LogP contribution in [-0.2, 0) is 13.5 Å². The smallest absolute Gasteiger partial charge is 0.218 e. The second kappa shape index (κ2) is 5.64. The summed E-state index contributed by atoms with van der Waals surface area (Å²) in [7, 11) is 3.45. The number of methoxy groups -OCH3 is 1. The van der Waals surface area contributed by atoms with Gasteiger partial charge in [0.2, 0.25) is 5.88 Å². The van der Waals surface area contributed by atoms with Crippen molar-refractivity contribution in [3.05, 3.63) is 41.9 Å². The van der Waals surface area contributed by atoms with E-state index < -0.39 is 6.10 Å². The first-order chi connectivity index (χ1) is 8.72. The molecule has 5 nitrogen and oxygen atoms in total.